The van der Waals surface area contributed by atoms with Crippen LogP contribution in [0.3, 0.4) is 0 Å². The van der Waals surface area contributed by atoms with Crippen LogP contribution in [0.5, 0.6) is 5.88 Å². The van der Waals surface area contributed by atoms with Crippen molar-refractivity contribution in [3.8, 4) is 5.88 Å². The summed E-state index contributed by atoms with van der Waals surface area (Å²) in [5, 5.41) is 3.16. The van der Waals surface area contributed by atoms with E-state index in [1.807, 2.05) is 12.1 Å². The van der Waals surface area contributed by atoms with Crippen molar-refractivity contribution in [3.05, 3.63) is 42.4 Å². The van der Waals surface area contributed by atoms with Gasteiger partial charge in [0.25, 0.3) is 0 Å². The fourth-order valence-electron chi connectivity index (χ4n) is 1.36. The first-order valence-corrected chi connectivity index (χ1v) is 5.63. The molecule has 0 aliphatic rings. The number of ether oxygens (including phenoxy) is 1. The van der Waals surface area contributed by atoms with Crippen LogP contribution in [0, 0.1) is 0 Å². The minimum atomic E-state index is 0.285. The van der Waals surface area contributed by atoms with E-state index >= 15 is 0 Å². The highest BCUT2D eigenvalue weighted by molar-refractivity contribution is 7.80. The lowest BCUT2D eigenvalue weighted by atomic mass is 10.3. The molecule has 6 heteroatoms. The van der Waals surface area contributed by atoms with Gasteiger partial charge in [0.2, 0.25) is 5.88 Å². The predicted octanol–water partition coefficient (Wildman–Crippen LogP) is 1.86. The second-order valence-electron chi connectivity index (χ2n) is 3.51. The van der Waals surface area contributed by atoms with Crippen LogP contribution in [0.1, 0.15) is 5.69 Å². The number of nitrogens with zero attached hydrogens (tertiary/aromatic N) is 2. The van der Waals surface area contributed by atoms with Gasteiger partial charge in [-0.15, -0.1) is 0 Å². The lowest BCUT2D eigenvalue weighted by molar-refractivity contribution is 0.398. The quantitative estimate of drug-likeness (QED) is 0.817. The molecule has 0 amide bonds. The van der Waals surface area contributed by atoms with Crippen molar-refractivity contribution in [1.29, 1.82) is 0 Å². The molecule has 0 saturated heterocycles. The summed E-state index contributed by atoms with van der Waals surface area (Å²) in [5.41, 5.74) is 7.76. The van der Waals surface area contributed by atoms with Gasteiger partial charge in [-0.1, -0.05) is 12.2 Å². The third kappa shape index (κ3) is 2.92. The van der Waals surface area contributed by atoms with Gasteiger partial charge in [0.15, 0.2) is 0 Å². The molecule has 3 N–H and O–H groups in total. The van der Waals surface area contributed by atoms with Gasteiger partial charge in [-0.2, -0.15) is 0 Å². The monoisotopic (exact) mass is 260 g/mol. The number of anilines is 2. The Balaban J connectivity index is 2.10. The molecule has 0 atom stereocenters. The first kappa shape index (κ1) is 12.3. The summed E-state index contributed by atoms with van der Waals surface area (Å²) >= 11 is 4.83. The highest BCUT2D eigenvalue weighted by Gasteiger charge is 2.00. The van der Waals surface area contributed by atoms with Crippen LogP contribution < -0.4 is 15.8 Å². The first-order chi connectivity index (χ1) is 8.69. The smallest absolute Gasteiger partial charge is 0.213 e. The second kappa shape index (κ2) is 5.42. The van der Waals surface area contributed by atoms with Crippen LogP contribution in [-0.4, -0.2) is 22.1 Å². The summed E-state index contributed by atoms with van der Waals surface area (Å²) in [5.74, 6) is 0.572. The number of hydrogen-bond acceptors (Lipinski definition) is 5. The summed E-state index contributed by atoms with van der Waals surface area (Å²) in [6.45, 7) is 0. The Bertz CT molecular complexity index is 539. The van der Waals surface area contributed by atoms with Gasteiger partial charge in [0.1, 0.15) is 4.99 Å². The number of nitrogens with two attached hydrogens (primary N) is 1. The number of thiocarbonyl (C=S) groups is 1. The van der Waals surface area contributed by atoms with Gasteiger partial charge in [-0.25, -0.2) is 4.98 Å². The molecule has 0 spiro atoms. The van der Waals surface area contributed by atoms with Crippen LogP contribution >= 0.6 is 12.2 Å². The molecule has 2 rings (SSSR count). The maximum Gasteiger partial charge on any atom is 0.213 e. The Labute approximate surface area is 110 Å². The molecule has 92 valence electrons. The van der Waals surface area contributed by atoms with E-state index in [1.165, 1.54) is 0 Å². The summed E-state index contributed by atoms with van der Waals surface area (Å²) < 4.78 is 4.98. The van der Waals surface area contributed by atoms with Gasteiger partial charge in [-0.05, 0) is 18.2 Å². The average molecular weight is 260 g/mol. The molecular weight excluding hydrogens is 248 g/mol. The molecule has 0 unspecified atom stereocenters. The zero-order valence-corrected chi connectivity index (χ0v) is 10.6. The SMILES string of the molecule is COc1ccc(Nc2ccc(C(N)=S)nc2)cn1. The van der Waals surface area contributed by atoms with Crippen LogP contribution in [0.4, 0.5) is 11.4 Å². The van der Waals surface area contributed by atoms with Crippen molar-refractivity contribution in [2.45, 2.75) is 0 Å². The molecule has 5 nitrogen and oxygen atoms in total. The zero-order valence-electron chi connectivity index (χ0n) is 9.75. The third-order valence-electron chi connectivity index (χ3n) is 2.25. The molecule has 0 bridgehead atoms. The number of methoxy groups -OCH3 is 1. The van der Waals surface area contributed by atoms with Crippen LogP contribution in [0.15, 0.2) is 36.7 Å². The van der Waals surface area contributed by atoms with Crippen LogP contribution in [-0.2, 0) is 0 Å². The third-order valence-corrected chi connectivity index (χ3v) is 2.46. The van der Waals surface area contributed by atoms with E-state index in [4.69, 9.17) is 22.7 Å². The highest BCUT2D eigenvalue weighted by atomic mass is 32.1. The number of rotatable bonds is 4. The normalized spacial score (nSPS) is 9.83. The highest BCUT2D eigenvalue weighted by Crippen LogP contribution is 2.16. The summed E-state index contributed by atoms with van der Waals surface area (Å²) in [6.07, 6.45) is 3.35. The van der Waals surface area contributed by atoms with E-state index in [2.05, 4.69) is 15.3 Å². The molecule has 2 heterocycles. The van der Waals surface area contributed by atoms with Gasteiger partial charge >= 0.3 is 0 Å². The lowest BCUT2D eigenvalue weighted by Gasteiger charge is -2.06. The van der Waals surface area contributed by atoms with Crippen molar-refractivity contribution in [2.24, 2.45) is 5.73 Å². The van der Waals surface area contributed by atoms with Crippen molar-refractivity contribution < 1.29 is 4.74 Å². The van der Waals surface area contributed by atoms with Gasteiger partial charge in [0, 0.05) is 6.07 Å². The lowest BCUT2D eigenvalue weighted by Crippen LogP contribution is -2.11. The number of aromatic nitrogens is 2. The molecule has 0 aromatic carbocycles. The standard InChI is InChI=1S/C12H12N4OS/c1-17-11-5-3-9(7-15-11)16-8-2-4-10(12(13)18)14-6-8/h2-7,16H,1H3,(H2,13,18). The zero-order chi connectivity index (χ0) is 13.0. The summed E-state index contributed by atoms with van der Waals surface area (Å²) in [6, 6.07) is 7.26. The van der Waals surface area contributed by atoms with Gasteiger partial charge in [0.05, 0.1) is 36.6 Å². The molecule has 0 saturated carbocycles. The van der Waals surface area contributed by atoms with E-state index in [9.17, 15) is 0 Å². The number of hydrogen-bond donors (Lipinski definition) is 2. The van der Waals surface area contributed by atoms with E-state index in [-0.39, 0.29) is 4.99 Å². The molecule has 0 radical (unpaired) electrons. The second-order valence-corrected chi connectivity index (χ2v) is 3.95. The molecule has 0 aliphatic heterocycles. The molecule has 0 aliphatic carbocycles. The van der Waals surface area contributed by atoms with E-state index < -0.39 is 0 Å². The van der Waals surface area contributed by atoms with E-state index in [1.54, 1.807) is 31.6 Å². The summed E-state index contributed by atoms with van der Waals surface area (Å²) in [4.78, 5) is 8.51. The van der Waals surface area contributed by atoms with Crippen molar-refractivity contribution in [1.82, 2.24) is 9.97 Å². The summed E-state index contributed by atoms with van der Waals surface area (Å²) in [7, 11) is 1.58. The fraction of sp³-hybridized carbons (Fsp3) is 0.0833. The predicted molar refractivity (Wildman–Crippen MR) is 74.2 cm³/mol. The van der Waals surface area contributed by atoms with E-state index in [0.717, 1.165) is 11.4 Å². The Hall–Kier alpha value is -2.21. The molecule has 2 aromatic rings. The molecule has 18 heavy (non-hydrogen) atoms. The average Bonchev–Trinajstić information content (AvgIpc) is 2.40. The topological polar surface area (TPSA) is 73.1 Å². The van der Waals surface area contributed by atoms with Crippen molar-refractivity contribution >= 4 is 28.6 Å². The first-order valence-electron chi connectivity index (χ1n) is 5.22. The minimum Gasteiger partial charge on any atom is -0.481 e. The van der Waals surface area contributed by atoms with Gasteiger partial charge < -0.3 is 15.8 Å². The van der Waals surface area contributed by atoms with Gasteiger partial charge in [-0.3, -0.25) is 4.98 Å². The number of nitrogens with one attached hydrogen (secondary N) is 1. The van der Waals surface area contributed by atoms with Crippen molar-refractivity contribution in [2.75, 3.05) is 12.4 Å². The Morgan fingerprint density at radius 3 is 2.28 bits per heavy atom. The molecule has 0 fully saturated rings. The van der Waals surface area contributed by atoms with E-state index in [0.29, 0.717) is 11.6 Å². The van der Waals surface area contributed by atoms with Crippen LogP contribution in [0.25, 0.3) is 0 Å². The van der Waals surface area contributed by atoms with Crippen molar-refractivity contribution in [3.63, 3.8) is 0 Å². The number of pyridine rings is 2. The Morgan fingerprint density at radius 2 is 1.83 bits per heavy atom. The van der Waals surface area contributed by atoms with Crippen LogP contribution in [0.2, 0.25) is 0 Å². The molecular formula is C12H12N4OS. The molecule has 2 aromatic heterocycles. The minimum absolute atomic E-state index is 0.285. The maximum absolute atomic E-state index is 5.47. The maximum atomic E-state index is 5.47. The Kier molecular flexibility index (Phi) is 3.69. The Morgan fingerprint density at radius 1 is 1.17 bits per heavy atom. The fourth-order valence-corrected chi connectivity index (χ4v) is 1.48. The largest absolute Gasteiger partial charge is 0.481 e.